The summed E-state index contributed by atoms with van der Waals surface area (Å²) < 4.78 is 11.4. The standard InChI is InChI=1S/C19H17NO4S2/c1-11-4-5-15(25-11)9-17-19(22)20-18(26-17)10-16(21)12-6-13(23-2)8-14(7-12)24-3/h4-10H,1-3H3,(H,20,22)/b17-9+,18-10+. The van der Waals surface area contributed by atoms with Crippen molar-refractivity contribution in [2.75, 3.05) is 14.2 Å². The Labute approximate surface area is 157 Å². The van der Waals surface area contributed by atoms with Gasteiger partial charge in [0, 0.05) is 27.5 Å². The minimum atomic E-state index is -0.238. The van der Waals surface area contributed by atoms with E-state index in [0.29, 0.717) is 26.3 Å². The van der Waals surface area contributed by atoms with E-state index in [0.717, 1.165) is 4.88 Å². The fourth-order valence-electron chi connectivity index (χ4n) is 2.34. The van der Waals surface area contributed by atoms with E-state index >= 15 is 0 Å². The van der Waals surface area contributed by atoms with E-state index in [2.05, 4.69) is 4.98 Å². The van der Waals surface area contributed by atoms with Gasteiger partial charge in [-0.15, -0.1) is 22.7 Å². The summed E-state index contributed by atoms with van der Waals surface area (Å²) in [6.07, 6.45) is 3.24. The average molecular weight is 387 g/mol. The Morgan fingerprint density at radius 3 is 2.35 bits per heavy atom. The molecule has 0 aliphatic carbocycles. The van der Waals surface area contributed by atoms with E-state index in [1.54, 1.807) is 29.5 Å². The first-order valence-corrected chi connectivity index (χ1v) is 9.38. The Morgan fingerprint density at radius 1 is 1.08 bits per heavy atom. The van der Waals surface area contributed by atoms with Gasteiger partial charge in [-0.1, -0.05) is 0 Å². The lowest BCUT2D eigenvalue weighted by atomic mass is 10.1. The second-order valence-corrected chi connectivity index (χ2v) is 7.89. The molecule has 3 rings (SSSR count). The number of thiazole rings is 1. The molecule has 26 heavy (non-hydrogen) atoms. The zero-order valence-electron chi connectivity index (χ0n) is 14.5. The molecule has 0 spiro atoms. The number of Topliss-reactive ketones (excluding diaryl/α,β-unsaturated/α-hetero) is 1. The van der Waals surface area contributed by atoms with Crippen LogP contribution in [0.1, 0.15) is 20.1 Å². The summed E-state index contributed by atoms with van der Waals surface area (Å²) in [5.41, 5.74) is 0.221. The van der Waals surface area contributed by atoms with E-state index < -0.39 is 0 Å². The SMILES string of the molecule is COc1cc(OC)cc(C(=O)/C=c2\[nH]c(=O)/c(=C\c3ccc(C)s3)s2)c1. The molecule has 7 heteroatoms. The van der Waals surface area contributed by atoms with Gasteiger partial charge in [0.25, 0.3) is 5.56 Å². The van der Waals surface area contributed by atoms with Gasteiger partial charge in [0.1, 0.15) is 11.5 Å². The first-order chi connectivity index (χ1) is 12.5. The third kappa shape index (κ3) is 4.12. The smallest absolute Gasteiger partial charge is 0.266 e. The number of H-pyrrole nitrogens is 1. The number of carbonyl (C=O) groups excluding carboxylic acids is 1. The quantitative estimate of drug-likeness (QED) is 0.682. The minimum absolute atomic E-state index is 0.205. The fourth-order valence-corrected chi connectivity index (χ4v) is 4.11. The van der Waals surface area contributed by atoms with Gasteiger partial charge in [0.05, 0.1) is 23.4 Å². The molecule has 0 radical (unpaired) electrons. The predicted molar refractivity (Wildman–Crippen MR) is 105 cm³/mol. The number of hydrogen-bond acceptors (Lipinski definition) is 6. The van der Waals surface area contributed by atoms with Crippen molar-refractivity contribution in [1.82, 2.24) is 4.98 Å². The van der Waals surface area contributed by atoms with Crippen molar-refractivity contribution in [1.29, 1.82) is 0 Å². The van der Waals surface area contributed by atoms with Crippen LogP contribution in [0.15, 0.2) is 35.1 Å². The van der Waals surface area contributed by atoms with Crippen LogP contribution in [0.2, 0.25) is 0 Å². The third-order valence-corrected chi connectivity index (χ3v) is 5.52. The number of thiophene rings is 1. The van der Waals surface area contributed by atoms with Crippen LogP contribution in [-0.4, -0.2) is 25.0 Å². The molecule has 5 nitrogen and oxygen atoms in total. The van der Waals surface area contributed by atoms with Crippen molar-refractivity contribution < 1.29 is 14.3 Å². The second kappa shape index (κ2) is 7.72. The number of ketones is 1. The molecule has 2 aromatic heterocycles. The highest BCUT2D eigenvalue weighted by Crippen LogP contribution is 2.23. The summed E-state index contributed by atoms with van der Waals surface area (Å²) in [5.74, 6) is 0.823. The minimum Gasteiger partial charge on any atom is -0.497 e. The number of rotatable bonds is 5. The van der Waals surface area contributed by atoms with Gasteiger partial charge in [0.2, 0.25) is 0 Å². The fraction of sp³-hybridized carbons (Fsp3) is 0.158. The molecule has 0 aliphatic heterocycles. The molecular weight excluding hydrogens is 370 g/mol. The molecule has 0 atom stereocenters. The number of aryl methyl sites for hydroxylation is 1. The molecule has 0 unspecified atom stereocenters. The maximum absolute atomic E-state index is 12.5. The summed E-state index contributed by atoms with van der Waals surface area (Å²) in [4.78, 5) is 29.6. The largest absolute Gasteiger partial charge is 0.497 e. The highest BCUT2D eigenvalue weighted by molar-refractivity contribution is 7.13. The van der Waals surface area contributed by atoms with Gasteiger partial charge in [-0.25, -0.2) is 0 Å². The van der Waals surface area contributed by atoms with Gasteiger partial charge in [-0.3, -0.25) is 9.59 Å². The van der Waals surface area contributed by atoms with Crippen LogP contribution in [0.4, 0.5) is 0 Å². The molecule has 0 aliphatic rings. The molecular formula is C19H17NO4S2. The van der Waals surface area contributed by atoms with Crippen molar-refractivity contribution >= 4 is 40.6 Å². The van der Waals surface area contributed by atoms with E-state index in [9.17, 15) is 9.59 Å². The van der Waals surface area contributed by atoms with Crippen LogP contribution >= 0.6 is 22.7 Å². The van der Waals surface area contributed by atoms with Crippen LogP contribution in [0.3, 0.4) is 0 Å². The molecule has 0 amide bonds. The molecule has 1 N–H and O–H groups in total. The van der Waals surface area contributed by atoms with Gasteiger partial charge in [0.15, 0.2) is 5.78 Å². The van der Waals surface area contributed by atoms with Crippen molar-refractivity contribution in [3.8, 4) is 11.5 Å². The van der Waals surface area contributed by atoms with Gasteiger partial charge < -0.3 is 14.5 Å². The molecule has 3 aromatic rings. The van der Waals surface area contributed by atoms with Crippen molar-refractivity contribution in [3.63, 3.8) is 0 Å². The average Bonchev–Trinajstić information content (AvgIpc) is 3.19. The number of benzene rings is 1. The topological polar surface area (TPSA) is 68.4 Å². The summed E-state index contributed by atoms with van der Waals surface area (Å²) in [5, 5.41) is 0. The first-order valence-electron chi connectivity index (χ1n) is 7.75. The lowest BCUT2D eigenvalue weighted by molar-refractivity contribution is 0.106. The normalized spacial score (nSPS) is 12.4. The molecule has 0 fully saturated rings. The number of hydrogen-bond donors (Lipinski definition) is 1. The Morgan fingerprint density at radius 2 is 1.77 bits per heavy atom. The second-order valence-electron chi connectivity index (χ2n) is 5.49. The number of aromatic nitrogens is 1. The van der Waals surface area contributed by atoms with Crippen LogP contribution < -0.4 is 24.2 Å². The summed E-state index contributed by atoms with van der Waals surface area (Å²) in [6, 6.07) is 8.93. The molecule has 0 bridgehead atoms. The van der Waals surface area contributed by atoms with Crippen LogP contribution in [-0.2, 0) is 0 Å². The molecule has 1 aromatic carbocycles. The summed E-state index contributed by atoms with van der Waals surface area (Å²) >= 11 is 2.86. The number of carbonyl (C=O) groups is 1. The third-order valence-electron chi connectivity index (χ3n) is 3.61. The number of nitrogens with one attached hydrogen (secondary N) is 1. The van der Waals surface area contributed by atoms with E-state index in [-0.39, 0.29) is 11.3 Å². The van der Waals surface area contributed by atoms with Crippen LogP contribution in [0.5, 0.6) is 11.5 Å². The van der Waals surface area contributed by atoms with E-state index in [1.807, 2.05) is 25.1 Å². The molecule has 0 saturated heterocycles. The maximum Gasteiger partial charge on any atom is 0.266 e. The first kappa shape index (κ1) is 18.2. The molecule has 134 valence electrons. The zero-order valence-corrected chi connectivity index (χ0v) is 16.1. The zero-order chi connectivity index (χ0) is 18.7. The summed E-state index contributed by atoms with van der Waals surface area (Å²) in [6.45, 7) is 2.01. The Hall–Kier alpha value is -2.64. The number of aromatic amines is 1. The predicted octanol–water partition coefficient (Wildman–Crippen LogP) is 2.32. The highest BCUT2D eigenvalue weighted by Gasteiger charge is 2.08. The lowest BCUT2D eigenvalue weighted by Crippen LogP contribution is -2.19. The maximum atomic E-state index is 12.5. The molecule has 0 saturated carbocycles. The van der Waals surface area contributed by atoms with Crippen molar-refractivity contribution in [2.45, 2.75) is 6.92 Å². The summed E-state index contributed by atoms with van der Waals surface area (Å²) in [7, 11) is 3.05. The van der Waals surface area contributed by atoms with E-state index in [4.69, 9.17) is 9.47 Å². The Balaban J connectivity index is 1.98. The van der Waals surface area contributed by atoms with Crippen LogP contribution in [0, 0.1) is 6.92 Å². The molecule has 2 heterocycles. The van der Waals surface area contributed by atoms with Gasteiger partial charge in [-0.05, 0) is 37.3 Å². The van der Waals surface area contributed by atoms with Gasteiger partial charge >= 0.3 is 0 Å². The Kier molecular flexibility index (Phi) is 5.39. The van der Waals surface area contributed by atoms with Crippen LogP contribution in [0.25, 0.3) is 12.2 Å². The number of methoxy groups -OCH3 is 2. The van der Waals surface area contributed by atoms with E-state index in [1.165, 1.54) is 36.5 Å². The Bertz CT molecular complexity index is 1100. The van der Waals surface area contributed by atoms with Gasteiger partial charge in [-0.2, -0.15) is 0 Å². The lowest BCUT2D eigenvalue weighted by Gasteiger charge is -2.06. The van der Waals surface area contributed by atoms with Crippen molar-refractivity contribution in [3.05, 3.63) is 65.2 Å². The monoisotopic (exact) mass is 387 g/mol. The number of ether oxygens (including phenoxy) is 2. The highest BCUT2D eigenvalue weighted by atomic mass is 32.1. The van der Waals surface area contributed by atoms with Crippen molar-refractivity contribution in [2.24, 2.45) is 0 Å².